The lowest BCUT2D eigenvalue weighted by atomic mass is 10.1. The zero-order valence-corrected chi connectivity index (χ0v) is 13.0. The highest BCUT2D eigenvalue weighted by molar-refractivity contribution is 7.89. The van der Waals surface area contributed by atoms with Gasteiger partial charge in [-0.15, -0.1) is 11.3 Å². The van der Waals surface area contributed by atoms with Gasteiger partial charge >= 0.3 is 5.97 Å². The Hall–Kier alpha value is -0.960. The van der Waals surface area contributed by atoms with Crippen LogP contribution in [0, 0.1) is 6.92 Å². The van der Waals surface area contributed by atoms with Crippen LogP contribution in [0.1, 0.15) is 28.1 Å². The molecule has 1 N–H and O–H groups in total. The normalized spacial score (nSPS) is 17.6. The molecule has 0 aliphatic carbocycles. The van der Waals surface area contributed by atoms with E-state index in [9.17, 15) is 13.2 Å². The van der Waals surface area contributed by atoms with Crippen molar-refractivity contribution in [2.24, 2.45) is 0 Å². The molecule has 1 aromatic heterocycles. The van der Waals surface area contributed by atoms with Crippen LogP contribution >= 0.6 is 11.3 Å². The number of rotatable bonds is 4. The Morgan fingerprint density at radius 1 is 1.45 bits per heavy atom. The summed E-state index contributed by atoms with van der Waals surface area (Å²) in [6, 6.07) is -0.144. The summed E-state index contributed by atoms with van der Waals surface area (Å²) in [5, 5.41) is 10.7. The molecule has 0 aromatic carbocycles. The molecule has 2 heterocycles. The average Bonchev–Trinajstić information content (AvgIpc) is 2.81. The van der Waals surface area contributed by atoms with Gasteiger partial charge in [0.15, 0.2) is 0 Å². The van der Waals surface area contributed by atoms with E-state index in [1.165, 1.54) is 11.4 Å². The summed E-state index contributed by atoms with van der Waals surface area (Å²) in [5.41, 5.74) is 0.478. The Balaban J connectivity index is 2.39. The van der Waals surface area contributed by atoms with Crippen LogP contribution in [-0.4, -0.2) is 50.1 Å². The first kappa shape index (κ1) is 15.4. The monoisotopic (exact) mass is 319 g/mol. The predicted octanol–water partition coefficient (Wildman–Crippen LogP) is 1.55. The molecular formula is C12H17NO5S2. The summed E-state index contributed by atoms with van der Waals surface area (Å²) in [6.45, 7) is 2.67. The lowest BCUT2D eigenvalue weighted by molar-refractivity contribution is 0.0629. The number of hydrogen-bond donors (Lipinski definition) is 1. The molecule has 0 saturated carbocycles. The number of carboxylic acids is 1. The van der Waals surface area contributed by atoms with Crippen molar-refractivity contribution in [1.82, 2.24) is 4.31 Å². The highest BCUT2D eigenvalue weighted by atomic mass is 32.2. The third-order valence-electron chi connectivity index (χ3n) is 3.45. The van der Waals surface area contributed by atoms with E-state index < -0.39 is 16.0 Å². The van der Waals surface area contributed by atoms with E-state index in [2.05, 4.69) is 0 Å². The number of ether oxygens (including phenoxy) is 1. The van der Waals surface area contributed by atoms with Gasteiger partial charge in [0, 0.05) is 26.3 Å². The third kappa shape index (κ3) is 2.73. The van der Waals surface area contributed by atoms with Gasteiger partial charge in [-0.05, 0) is 30.7 Å². The van der Waals surface area contributed by atoms with Gasteiger partial charge in [0.25, 0.3) is 0 Å². The Bertz CT molecular complexity index is 601. The van der Waals surface area contributed by atoms with Gasteiger partial charge < -0.3 is 9.84 Å². The smallest absolute Gasteiger partial charge is 0.347 e. The van der Waals surface area contributed by atoms with E-state index in [4.69, 9.17) is 9.84 Å². The van der Waals surface area contributed by atoms with Crippen LogP contribution in [0.5, 0.6) is 0 Å². The number of aryl methyl sites for hydroxylation is 1. The van der Waals surface area contributed by atoms with Gasteiger partial charge in [0.1, 0.15) is 9.77 Å². The molecule has 1 aromatic rings. The molecule has 0 radical (unpaired) electrons. The Morgan fingerprint density at radius 3 is 2.60 bits per heavy atom. The minimum absolute atomic E-state index is 0.0796. The SMILES string of the molecule is Cc1csc(C(=O)O)c1S(=O)(=O)N(C)C1CCOCC1. The Labute approximate surface area is 122 Å². The van der Waals surface area contributed by atoms with Crippen LogP contribution in [0.25, 0.3) is 0 Å². The van der Waals surface area contributed by atoms with Crippen LogP contribution in [0.4, 0.5) is 0 Å². The molecule has 8 heteroatoms. The Kier molecular flexibility index (Phi) is 4.48. The van der Waals surface area contributed by atoms with E-state index in [0.29, 0.717) is 31.6 Å². The molecule has 20 heavy (non-hydrogen) atoms. The molecule has 0 unspecified atom stereocenters. The fourth-order valence-electron chi connectivity index (χ4n) is 2.29. The lowest BCUT2D eigenvalue weighted by Crippen LogP contribution is -2.41. The first-order chi connectivity index (χ1) is 9.35. The van der Waals surface area contributed by atoms with Gasteiger partial charge in [-0.3, -0.25) is 0 Å². The van der Waals surface area contributed by atoms with Gasteiger partial charge in [0.2, 0.25) is 10.0 Å². The maximum atomic E-state index is 12.7. The Morgan fingerprint density at radius 2 is 2.05 bits per heavy atom. The van der Waals surface area contributed by atoms with Crippen molar-refractivity contribution < 1.29 is 23.1 Å². The molecule has 112 valence electrons. The second-order valence-corrected chi connectivity index (χ2v) is 7.56. The topological polar surface area (TPSA) is 83.9 Å². The van der Waals surface area contributed by atoms with E-state index in [1.54, 1.807) is 12.3 Å². The molecule has 1 aliphatic rings. The predicted molar refractivity (Wildman–Crippen MR) is 74.8 cm³/mol. The van der Waals surface area contributed by atoms with E-state index in [-0.39, 0.29) is 15.8 Å². The number of nitrogens with zero attached hydrogens (tertiary/aromatic N) is 1. The van der Waals surface area contributed by atoms with Gasteiger partial charge in [-0.25, -0.2) is 13.2 Å². The van der Waals surface area contributed by atoms with Crippen molar-refractivity contribution in [3.63, 3.8) is 0 Å². The molecular weight excluding hydrogens is 302 g/mol. The molecule has 0 amide bonds. The summed E-state index contributed by atoms with van der Waals surface area (Å²) in [4.78, 5) is 11.0. The number of hydrogen-bond acceptors (Lipinski definition) is 5. The zero-order chi connectivity index (χ0) is 14.9. The quantitative estimate of drug-likeness (QED) is 0.910. The lowest BCUT2D eigenvalue weighted by Gasteiger charge is -2.30. The van der Waals surface area contributed by atoms with Crippen LogP contribution < -0.4 is 0 Å². The van der Waals surface area contributed by atoms with Crippen LogP contribution in [0.2, 0.25) is 0 Å². The van der Waals surface area contributed by atoms with Crippen molar-refractivity contribution in [1.29, 1.82) is 0 Å². The van der Waals surface area contributed by atoms with Gasteiger partial charge in [-0.2, -0.15) is 4.31 Å². The highest BCUT2D eigenvalue weighted by Crippen LogP contribution is 2.31. The summed E-state index contributed by atoms with van der Waals surface area (Å²) >= 11 is 0.945. The minimum Gasteiger partial charge on any atom is -0.477 e. The third-order valence-corrected chi connectivity index (χ3v) is 6.77. The average molecular weight is 319 g/mol. The first-order valence-electron chi connectivity index (χ1n) is 6.23. The van der Waals surface area contributed by atoms with Gasteiger partial charge in [0.05, 0.1) is 0 Å². The zero-order valence-electron chi connectivity index (χ0n) is 11.3. The summed E-state index contributed by atoms with van der Waals surface area (Å²) < 4.78 is 31.8. The standard InChI is InChI=1S/C12H17NO5S2/c1-8-7-19-10(12(14)15)11(8)20(16,17)13(2)9-3-5-18-6-4-9/h7,9H,3-6H2,1-2H3,(H,14,15). The van der Waals surface area contributed by atoms with Crippen LogP contribution in [0.15, 0.2) is 10.3 Å². The maximum Gasteiger partial charge on any atom is 0.347 e. The second kappa shape index (κ2) is 5.80. The summed E-state index contributed by atoms with van der Waals surface area (Å²) in [7, 11) is -2.29. The second-order valence-electron chi connectivity index (χ2n) is 4.75. The van der Waals surface area contributed by atoms with Crippen molar-refractivity contribution in [2.45, 2.75) is 30.7 Å². The molecule has 1 fully saturated rings. The number of sulfonamides is 1. The molecule has 2 rings (SSSR count). The number of aromatic carboxylic acids is 1. The van der Waals surface area contributed by atoms with Crippen LogP contribution in [-0.2, 0) is 14.8 Å². The fraction of sp³-hybridized carbons (Fsp3) is 0.583. The molecule has 6 nitrogen and oxygen atoms in total. The number of carboxylic acid groups (broad SMARTS) is 1. The molecule has 1 saturated heterocycles. The van der Waals surface area contributed by atoms with Crippen molar-refractivity contribution in [2.75, 3.05) is 20.3 Å². The fourth-order valence-corrected chi connectivity index (χ4v) is 5.29. The highest BCUT2D eigenvalue weighted by Gasteiger charge is 2.34. The van der Waals surface area contributed by atoms with Crippen LogP contribution in [0.3, 0.4) is 0 Å². The largest absolute Gasteiger partial charge is 0.477 e. The molecule has 1 aliphatic heterocycles. The van der Waals surface area contributed by atoms with E-state index in [0.717, 1.165) is 11.3 Å². The summed E-state index contributed by atoms with van der Waals surface area (Å²) in [5.74, 6) is -1.21. The molecule has 0 spiro atoms. The van der Waals surface area contributed by atoms with Gasteiger partial charge in [-0.1, -0.05) is 0 Å². The first-order valence-corrected chi connectivity index (χ1v) is 8.55. The maximum absolute atomic E-state index is 12.7. The molecule has 0 bridgehead atoms. The molecule has 0 atom stereocenters. The number of carbonyl (C=O) groups is 1. The minimum atomic E-state index is -3.79. The van der Waals surface area contributed by atoms with E-state index in [1.807, 2.05) is 0 Å². The van der Waals surface area contributed by atoms with Crippen molar-refractivity contribution >= 4 is 27.3 Å². The summed E-state index contributed by atoms with van der Waals surface area (Å²) in [6.07, 6.45) is 1.25. The van der Waals surface area contributed by atoms with Crippen molar-refractivity contribution in [3.05, 3.63) is 15.8 Å². The van der Waals surface area contributed by atoms with E-state index >= 15 is 0 Å². The number of thiophene rings is 1. The van der Waals surface area contributed by atoms with Crippen molar-refractivity contribution in [3.8, 4) is 0 Å².